The maximum atomic E-state index is 5.40. The van der Waals surface area contributed by atoms with E-state index in [1.807, 2.05) is 45.1 Å². The Hall–Kier alpha value is -1.18. The molecule has 0 spiro atoms. The zero-order valence-electron chi connectivity index (χ0n) is 8.83. The van der Waals surface area contributed by atoms with Crippen LogP contribution in [-0.2, 0) is 9.47 Å². The first-order chi connectivity index (χ1) is 6.29. The van der Waals surface area contributed by atoms with Gasteiger partial charge in [-0.05, 0) is 32.9 Å². The van der Waals surface area contributed by atoms with Crippen molar-refractivity contribution >= 4 is 0 Å². The average Bonchev–Trinajstić information content (AvgIpc) is 2.14. The van der Waals surface area contributed by atoms with Gasteiger partial charge < -0.3 is 9.47 Å². The number of hydrogen-bond acceptors (Lipinski definition) is 2. The Labute approximate surface area is 80.5 Å². The minimum Gasteiger partial charge on any atom is -0.493 e. The predicted molar refractivity (Wildman–Crippen MR) is 55.3 cm³/mol. The second-order valence-corrected chi connectivity index (χ2v) is 2.37. The van der Waals surface area contributed by atoms with Crippen molar-refractivity contribution in [3.8, 4) is 0 Å². The minimum absolute atomic E-state index is 0.643. The molecule has 2 nitrogen and oxygen atoms in total. The maximum absolute atomic E-state index is 5.40. The smallest absolute Gasteiger partial charge is 0.160 e. The van der Waals surface area contributed by atoms with Crippen LogP contribution in [0.4, 0.5) is 0 Å². The lowest BCUT2D eigenvalue weighted by molar-refractivity contribution is 0.205. The zero-order valence-corrected chi connectivity index (χ0v) is 8.83. The van der Waals surface area contributed by atoms with Crippen LogP contribution in [0.15, 0.2) is 35.8 Å². The molecule has 0 aliphatic carbocycles. The van der Waals surface area contributed by atoms with Gasteiger partial charge in [-0.2, -0.15) is 0 Å². The van der Waals surface area contributed by atoms with Crippen LogP contribution in [0, 0.1) is 0 Å². The van der Waals surface area contributed by atoms with Gasteiger partial charge in [0.15, 0.2) is 11.5 Å². The van der Waals surface area contributed by atoms with Gasteiger partial charge in [-0.1, -0.05) is 12.2 Å². The molecule has 0 saturated carbocycles. The third-order valence-corrected chi connectivity index (χ3v) is 1.40. The molecular formula is C11H18O2. The number of rotatable bonds is 5. The fourth-order valence-electron chi connectivity index (χ4n) is 0.910. The van der Waals surface area contributed by atoms with Crippen LogP contribution in [0.3, 0.4) is 0 Å². The van der Waals surface area contributed by atoms with Crippen molar-refractivity contribution in [1.82, 2.24) is 0 Å². The lowest BCUT2D eigenvalue weighted by Crippen LogP contribution is -1.95. The van der Waals surface area contributed by atoms with Crippen LogP contribution in [0.2, 0.25) is 0 Å². The summed E-state index contributed by atoms with van der Waals surface area (Å²) in [7, 11) is 1.64. The summed E-state index contributed by atoms with van der Waals surface area (Å²) in [6.45, 7) is 6.48. The second-order valence-electron chi connectivity index (χ2n) is 2.37. The maximum Gasteiger partial charge on any atom is 0.160 e. The Kier molecular flexibility index (Phi) is 6.79. The van der Waals surface area contributed by atoms with Crippen LogP contribution >= 0.6 is 0 Å². The largest absolute Gasteiger partial charge is 0.493 e. The highest BCUT2D eigenvalue weighted by Gasteiger charge is 2.00. The van der Waals surface area contributed by atoms with Crippen LogP contribution in [0.25, 0.3) is 0 Å². The predicted octanol–water partition coefficient (Wildman–Crippen LogP) is 3.03. The normalized spacial score (nSPS) is 13.5. The Morgan fingerprint density at radius 1 is 1.08 bits per heavy atom. The number of methoxy groups -OCH3 is 1. The summed E-state index contributed by atoms with van der Waals surface area (Å²) in [5, 5.41) is 0. The Morgan fingerprint density at radius 2 is 1.62 bits per heavy atom. The number of ether oxygens (including phenoxy) is 2. The minimum atomic E-state index is 0.643. The molecule has 0 rings (SSSR count). The first-order valence-electron chi connectivity index (χ1n) is 4.46. The molecule has 0 saturated heterocycles. The number of hydrogen-bond donors (Lipinski definition) is 0. The lowest BCUT2D eigenvalue weighted by Gasteiger charge is -2.08. The molecule has 13 heavy (non-hydrogen) atoms. The molecule has 0 fully saturated rings. The van der Waals surface area contributed by atoms with Gasteiger partial charge in [0, 0.05) is 0 Å². The third kappa shape index (κ3) is 4.41. The Bertz CT molecular complexity index is 212. The quantitative estimate of drug-likeness (QED) is 0.480. The summed E-state index contributed by atoms with van der Waals surface area (Å²) < 4.78 is 10.6. The summed E-state index contributed by atoms with van der Waals surface area (Å²) in [5.74, 6) is 1.52. The highest BCUT2D eigenvalue weighted by atomic mass is 16.5. The van der Waals surface area contributed by atoms with E-state index in [0.717, 1.165) is 11.5 Å². The molecule has 0 atom stereocenters. The van der Waals surface area contributed by atoms with Crippen molar-refractivity contribution in [2.45, 2.75) is 20.8 Å². The zero-order chi connectivity index (χ0) is 10.1. The van der Waals surface area contributed by atoms with Crippen molar-refractivity contribution in [3.05, 3.63) is 35.8 Å². The van der Waals surface area contributed by atoms with E-state index in [9.17, 15) is 0 Å². The lowest BCUT2D eigenvalue weighted by atomic mass is 10.3. The van der Waals surface area contributed by atoms with Crippen molar-refractivity contribution in [3.63, 3.8) is 0 Å². The second kappa shape index (κ2) is 7.47. The molecule has 0 amide bonds. The Morgan fingerprint density at radius 3 is 2.00 bits per heavy atom. The van der Waals surface area contributed by atoms with E-state index in [0.29, 0.717) is 6.61 Å². The molecule has 0 aliphatic rings. The standard InChI is InChI=1S/C11H18O2/c1-5-8-10(12-4)11(9-6-2)13-7-3/h5-6,8-9H,7H2,1-4H3/b8-5-,9-6-,11-10-. The summed E-state index contributed by atoms with van der Waals surface area (Å²) in [4.78, 5) is 0. The molecule has 0 bridgehead atoms. The van der Waals surface area contributed by atoms with E-state index in [4.69, 9.17) is 9.47 Å². The van der Waals surface area contributed by atoms with Crippen LogP contribution in [0.5, 0.6) is 0 Å². The summed E-state index contributed by atoms with van der Waals surface area (Å²) >= 11 is 0. The molecule has 74 valence electrons. The summed E-state index contributed by atoms with van der Waals surface area (Å²) in [6.07, 6.45) is 7.61. The van der Waals surface area contributed by atoms with Crippen molar-refractivity contribution in [1.29, 1.82) is 0 Å². The van der Waals surface area contributed by atoms with E-state index in [-0.39, 0.29) is 0 Å². The van der Waals surface area contributed by atoms with Gasteiger partial charge in [-0.25, -0.2) is 0 Å². The fourth-order valence-corrected chi connectivity index (χ4v) is 0.910. The van der Waals surface area contributed by atoms with Gasteiger partial charge in [0.2, 0.25) is 0 Å². The van der Waals surface area contributed by atoms with E-state index >= 15 is 0 Å². The molecule has 0 aromatic heterocycles. The van der Waals surface area contributed by atoms with E-state index < -0.39 is 0 Å². The van der Waals surface area contributed by atoms with Crippen LogP contribution < -0.4 is 0 Å². The monoisotopic (exact) mass is 182 g/mol. The number of allylic oxidation sites excluding steroid dienone is 4. The van der Waals surface area contributed by atoms with Crippen LogP contribution in [0.1, 0.15) is 20.8 Å². The molecule has 0 N–H and O–H groups in total. The molecule has 0 unspecified atom stereocenters. The molecule has 0 radical (unpaired) electrons. The van der Waals surface area contributed by atoms with Gasteiger partial charge in [-0.15, -0.1) is 0 Å². The van der Waals surface area contributed by atoms with Gasteiger partial charge in [0.1, 0.15) is 0 Å². The van der Waals surface area contributed by atoms with E-state index in [2.05, 4.69) is 0 Å². The Balaban J connectivity index is 4.76. The van der Waals surface area contributed by atoms with E-state index in [1.165, 1.54) is 0 Å². The molecule has 2 heteroatoms. The van der Waals surface area contributed by atoms with Crippen LogP contribution in [-0.4, -0.2) is 13.7 Å². The highest BCUT2D eigenvalue weighted by molar-refractivity contribution is 5.24. The summed E-state index contributed by atoms with van der Waals surface area (Å²) in [6, 6.07) is 0. The van der Waals surface area contributed by atoms with Gasteiger partial charge in [0.25, 0.3) is 0 Å². The molecule has 0 aliphatic heterocycles. The molecule has 0 aromatic carbocycles. The van der Waals surface area contributed by atoms with E-state index in [1.54, 1.807) is 7.11 Å². The van der Waals surface area contributed by atoms with Crippen molar-refractivity contribution in [2.24, 2.45) is 0 Å². The summed E-state index contributed by atoms with van der Waals surface area (Å²) in [5.41, 5.74) is 0. The molecular weight excluding hydrogens is 164 g/mol. The molecule has 0 aromatic rings. The van der Waals surface area contributed by atoms with Gasteiger partial charge in [-0.3, -0.25) is 0 Å². The van der Waals surface area contributed by atoms with Crippen molar-refractivity contribution in [2.75, 3.05) is 13.7 Å². The topological polar surface area (TPSA) is 18.5 Å². The van der Waals surface area contributed by atoms with Gasteiger partial charge in [0.05, 0.1) is 13.7 Å². The molecule has 0 heterocycles. The highest BCUT2D eigenvalue weighted by Crippen LogP contribution is 2.10. The SMILES string of the molecule is C\C=C/C(OC)=C(\C=C/C)OCC. The average molecular weight is 182 g/mol. The van der Waals surface area contributed by atoms with Crippen molar-refractivity contribution < 1.29 is 9.47 Å². The fraction of sp³-hybridized carbons (Fsp3) is 0.455. The first-order valence-corrected chi connectivity index (χ1v) is 4.46. The van der Waals surface area contributed by atoms with Gasteiger partial charge >= 0.3 is 0 Å². The first kappa shape index (κ1) is 11.8. The third-order valence-electron chi connectivity index (χ3n) is 1.40.